The van der Waals surface area contributed by atoms with Gasteiger partial charge in [-0.1, -0.05) is 65.7 Å². The van der Waals surface area contributed by atoms with E-state index in [1.165, 1.54) is 32.1 Å². The lowest BCUT2D eigenvalue weighted by Gasteiger charge is -2.24. The summed E-state index contributed by atoms with van der Waals surface area (Å²) in [5.74, 6) is 0.711. The van der Waals surface area contributed by atoms with Crippen LogP contribution < -0.4 is 0 Å². The highest BCUT2D eigenvalue weighted by molar-refractivity contribution is 9.10. The van der Waals surface area contributed by atoms with Crippen molar-refractivity contribution in [1.29, 1.82) is 0 Å². The van der Waals surface area contributed by atoms with E-state index in [-0.39, 0.29) is 6.10 Å². The topological polar surface area (TPSA) is 20.2 Å². The molecule has 1 aliphatic rings. The molecule has 1 saturated carbocycles. The van der Waals surface area contributed by atoms with Gasteiger partial charge in [-0.15, -0.1) is 0 Å². The smallest absolute Gasteiger partial charge is 0.0583 e. The maximum atomic E-state index is 10.2. The third kappa shape index (κ3) is 4.25. The summed E-state index contributed by atoms with van der Waals surface area (Å²) in [4.78, 5) is 0. The zero-order valence-electron chi connectivity index (χ0n) is 10.5. The molecular formula is C15H20BrClO. The second-order valence-electron chi connectivity index (χ2n) is 5.33. The number of rotatable bonds is 4. The van der Waals surface area contributed by atoms with E-state index in [1.807, 2.05) is 18.2 Å². The van der Waals surface area contributed by atoms with E-state index in [0.29, 0.717) is 12.3 Å². The van der Waals surface area contributed by atoms with Crippen molar-refractivity contribution in [3.05, 3.63) is 33.3 Å². The number of benzene rings is 1. The molecule has 0 aliphatic heterocycles. The van der Waals surface area contributed by atoms with Gasteiger partial charge in [0.15, 0.2) is 0 Å². The minimum absolute atomic E-state index is 0.258. The normalized spacial score (nSPS) is 18.8. The highest BCUT2D eigenvalue weighted by atomic mass is 79.9. The minimum atomic E-state index is -0.258. The fourth-order valence-electron chi connectivity index (χ4n) is 2.83. The van der Waals surface area contributed by atoms with Gasteiger partial charge in [-0.05, 0) is 36.5 Å². The van der Waals surface area contributed by atoms with Crippen LogP contribution in [0.25, 0.3) is 0 Å². The highest BCUT2D eigenvalue weighted by Gasteiger charge is 2.18. The first-order valence-electron chi connectivity index (χ1n) is 6.77. The Bertz CT molecular complexity index is 388. The summed E-state index contributed by atoms with van der Waals surface area (Å²) < 4.78 is 0.984. The van der Waals surface area contributed by atoms with E-state index >= 15 is 0 Å². The molecule has 0 bridgehead atoms. The lowest BCUT2D eigenvalue weighted by Crippen LogP contribution is -2.18. The van der Waals surface area contributed by atoms with Crippen molar-refractivity contribution in [3.63, 3.8) is 0 Å². The summed E-state index contributed by atoms with van der Waals surface area (Å²) in [5.41, 5.74) is 1.04. The first kappa shape index (κ1) is 14.4. The highest BCUT2D eigenvalue weighted by Crippen LogP contribution is 2.29. The minimum Gasteiger partial charge on any atom is -0.393 e. The predicted octanol–water partition coefficient (Wildman–Crippen LogP) is 4.98. The fraction of sp³-hybridized carbons (Fsp3) is 0.600. The SMILES string of the molecule is OC(Cc1ccc(Br)cc1Cl)CC1CCCCC1. The molecule has 0 spiro atoms. The van der Waals surface area contributed by atoms with Crippen molar-refractivity contribution in [3.8, 4) is 0 Å². The molecule has 1 N–H and O–H groups in total. The molecule has 1 unspecified atom stereocenters. The van der Waals surface area contributed by atoms with Crippen molar-refractivity contribution in [1.82, 2.24) is 0 Å². The number of aliphatic hydroxyl groups excluding tert-OH is 1. The monoisotopic (exact) mass is 330 g/mol. The summed E-state index contributed by atoms with van der Waals surface area (Å²) in [6.07, 6.45) is 7.93. The Morgan fingerprint density at radius 1 is 1.28 bits per heavy atom. The fourth-order valence-corrected chi connectivity index (χ4v) is 3.58. The van der Waals surface area contributed by atoms with Gasteiger partial charge >= 0.3 is 0 Å². The molecule has 100 valence electrons. The average molecular weight is 332 g/mol. The Morgan fingerprint density at radius 2 is 2.00 bits per heavy atom. The Hall–Kier alpha value is -0.0500. The number of hydrogen-bond donors (Lipinski definition) is 1. The van der Waals surface area contributed by atoms with Crippen molar-refractivity contribution >= 4 is 27.5 Å². The van der Waals surface area contributed by atoms with Gasteiger partial charge in [0.05, 0.1) is 6.10 Å². The second-order valence-corrected chi connectivity index (χ2v) is 6.66. The Labute approximate surface area is 123 Å². The van der Waals surface area contributed by atoms with Crippen molar-refractivity contribution in [2.75, 3.05) is 0 Å². The number of hydrogen-bond acceptors (Lipinski definition) is 1. The van der Waals surface area contributed by atoms with Crippen LogP contribution in [0.2, 0.25) is 5.02 Å². The Balaban J connectivity index is 1.87. The molecular weight excluding hydrogens is 312 g/mol. The summed E-state index contributed by atoms with van der Waals surface area (Å²) in [5, 5.41) is 10.9. The predicted molar refractivity (Wildman–Crippen MR) is 80.1 cm³/mol. The van der Waals surface area contributed by atoms with Gasteiger partial charge in [-0.3, -0.25) is 0 Å². The molecule has 1 nitrogen and oxygen atoms in total. The van der Waals surface area contributed by atoms with Gasteiger partial charge in [0.2, 0.25) is 0 Å². The summed E-state index contributed by atoms with van der Waals surface area (Å²) in [6, 6.07) is 5.87. The molecule has 1 aliphatic carbocycles. The van der Waals surface area contributed by atoms with E-state index in [2.05, 4.69) is 15.9 Å². The van der Waals surface area contributed by atoms with E-state index in [4.69, 9.17) is 11.6 Å². The van der Waals surface area contributed by atoms with Crippen LogP contribution in [-0.4, -0.2) is 11.2 Å². The van der Waals surface area contributed by atoms with Gasteiger partial charge in [0, 0.05) is 9.50 Å². The Kier molecular flexibility index (Phi) is 5.53. The maximum Gasteiger partial charge on any atom is 0.0583 e. The van der Waals surface area contributed by atoms with E-state index < -0.39 is 0 Å². The first-order valence-corrected chi connectivity index (χ1v) is 7.94. The maximum absolute atomic E-state index is 10.2. The van der Waals surface area contributed by atoms with Crippen molar-refractivity contribution < 1.29 is 5.11 Å². The number of aliphatic hydroxyl groups is 1. The molecule has 0 radical (unpaired) electrons. The Morgan fingerprint density at radius 3 is 2.67 bits per heavy atom. The van der Waals surface area contributed by atoms with Crippen LogP contribution in [0.1, 0.15) is 44.1 Å². The largest absolute Gasteiger partial charge is 0.393 e. The number of halogens is 2. The van der Waals surface area contributed by atoms with Crippen molar-refractivity contribution in [2.45, 2.75) is 51.0 Å². The molecule has 0 amide bonds. The van der Waals surface area contributed by atoms with Crippen LogP contribution in [0, 0.1) is 5.92 Å². The lowest BCUT2D eigenvalue weighted by molar-refractivity contribution is 0.130. The molecule has 1 atom stereocenters. The lowest BCUT2D eigenvalue weighted by atomic mass is 9.84. The van der Waals surface area contributed by atoms with E-state index in [1.54, 1.807) is 0 Å². The van der Waals surface area contributed by atoms with Crippen LogP contribution in [0.5, 0.6) is 0 Å². The van der Waals surface area contributed by atoms with Gasteiger partial charge in [-0.25, -0.2) is 0 Å². The summed E-state index contributed by atoms with van der Waals surface area (Å²) >= 11 is 9.57. The molecule has 18 heavy (non-hydrogen) atoms. The van der Waals surface area contributed by atoms with Gasteiger partial charge in [-0.2, -0.15) is 0 Å². The van der Waals surface area contributed by atoms with Crippen LogP contribution in [0.4, 0.5) is 0 Å². The summed E-state index contributed by atoms with van der Waals surface area (Å²) in [7, 11) is 0. The van der Waals surface area contributed by atoms with Crippen molar-refractivity contribution in [2.24, 2.45) is 5.92 Å². The van der Waals surface area contributed by atoms with Crippen LogP contribution >= 0.6 is 27.5 Å². The van der Waals surface area contributed by atoms with Crippen LogP contribution in [0.3, 0.4) is 0 Å². The van der Waals surface area contributed by atoms with Gasteiger partial charge < -0.3 is 5.11 Å². The van der Waals surface area contributed by atoms with Crippen LogP contribution in [0.15, 0.2) is 22.7 Å². The standard InChI is InChI=1S/C15H20BrClO/c16-13-7-6-12(15(17)10-13)9-14(18)8-11-4-2-1-3-5-11/h6-7,10-11,14,18H,1-5,8-9H2. The third-order valence-corrected chi connectivity index (χ3v) is 4.65. The molecule has 1 aromatic rings. The first-order chi connectivity index (χ1) is 8.65. The average Bonchev–Trinajstić information content (AvgIpc) is 2.34. The molecule has 2 rings (SSSR count). The third-order valence-electron chi connectivity index (χ3n) is 3.80. The van der Waals surface area contributed by atoms with Gasteiger partial charge in [0.25, 0.3) is 0 Å². The molecule has 0 aromatic heterocycles. The zero-order valence-corrected chi connectivity index (χ0v) is 12.9. The molecule has 3 heteroatoms. The van der Waals surface area contributed by atoms with E-state index in [9.17, 15) is 5.11 Å². The van der Waals surface area contributed by atoms with Gasteiger partial charge in [0.1, 0.15) is 0 Å². The molecule has 0 saturated heterocycles. The summed E-state index contributed by atoms with van der Waals surface area (Å²) in [6.45, 7) is 0. The van der Waals surface area contributed by atoms with Crippen LogP contribution in [-0.2, 0) is 6.42 Å². The zero-order chi connectivity index (χ0) is 13.0. The molecule has 1 aromatic carbocycles. The molecule has 0 heterocycles. The van der Waals surface area contributed by atoms with E-state index in [0.717, 1.165) is 21.5 Å². The quantitative estimate of drug-likeness (QED) is 0.825. The second kappa shape index (κ2) is 6.93. The molecule has 1 fully saturated rings.